The van der Waals surface area contributed by atoms with Crippen LogP contribution in [0.4, 0.5) is 0 Å². The fourth-order valence-electron chi connectivity index (χ4n) is 3.79. The number of hydrogen-bond donors (Lipinski definition) is 0. The van der Waals surface area contributed by atoms with Crippen LogP contribution in [0.3, 0.4) is 0 Å². The standard InChI is InChI=1S/C22H26N2O2/c1-3-23(4-2)22(26)20-16-24(21(25)18-13-9-6-10-14-18)15-19(20)17-11-7-5-8-12-17/h5-14,19-20H,3-4,15-16H2,1-2H3. The molecule has 0 radical (unpaired) electrons. The lowest BCUT2D eigenvalue weighted by Crippen LogP contribution is -2.39. The van der Waals surface area contributed by atoms with E-state index >= 15 is 0 Å². The van der Waals surface area contributed by atoms with Crippen molar-refractivity contribution in [3.8, 4) is 0 Å². The van der Waals surface area contributed by atoms with Crippen LogP contribution in [0.2, 0.25) is 0 Å². The second-order valence-corrected chi connectivity index (χ2v) is 6.71. The molecule has 1 saturated heterocycles. The van der Waals surface area contributed by atoms with E-state index in [2.05, 4.69) is 12.1 Å². The van der Waals surface area contributed by atoms with Gasteiger partial charge in [-0.1, -0.05) is 48.5 Å². The maximum Gasteiger partial charge on any atom is 0.253 e. The fraction of sp³-hybridized carbons (Fsp3) is 0.364. The summed E-state index contributed by atoms with van der Waals surface area (Å²) < 4.78 is 0. The van der Waals surface area contributed by atoms with Gasteiger partial charge in [0.15, 0.2) is 0 Å². The first-order valence-corrected chi connectivity index (χ1v) is 9.33. The number of benzene rings is 2. The Bertz CT molecular complexity index is 741. The molecule has 2 unspecified atom stereocenters. The van der Waals surface area contributed by atoms with Crippen LogP contribution >= 0.6 is 0 Å². The number of carbonyl (C=O) groups is 2. The Labute approximate surface area is 155 Å². The third-order valence-electron chi connectivity index (χ3n) is 5.25. The number of nitrogens with zero attached hydrogens (tertiary/aromatic N) is 2. The highest BCUT2D eigenvalue weighted by Gasteiger charge is 2.41. The first kappa shape index (κ1) is 18.2. The molecule has 1 fully saturated rings. The van der Waals surface area contributed by atoms with E-state index in [4.69, 9.17) is 0 Å². The molecule has 1 aliphatic heterocycles. The number of likely N-dealkylation sites (tertiary alicyclic amines) is 1. The Kier molecular flexibility index (Phi) is 5.71. The summed E-state index contributed by atoms with van der Waals surface area (Å²) in [6, 6.07) is 19.4. The Hall–Kier alpha value is -2.62. The number of amides is 2. The molecule has 2 aromatic carbocycles. The van der Waals surface area contributed by atoms with E-state index in [0.717, 1.165) is 5.56 Å². The summed E-state index contributed by atoms with van der Waals surface area (Å²) in [5.74, 6) is -0.00415. The smallest absolute Gasteiger partial charge is 0.253 e. The molecule has 1 heterocycles. The Morgan fingerprint density at radius 1 is 0.923 bits per heavy atom. The molecule has 1 aliphatic rings. The van der Waals surface area contributed by atoms with Gasteiger partial charge in [0.05, 0.1) is 5.92 Å². The molecule has 136 valence electrons. The summed E-state index contributed by atoms with van der Waals surface area (Å²) >= 11 is 0. The van der Waals surface area contributed by atoms with Crippen LogP contribution < -0.4 is 0 Å². The molecular weight excluding hydrogens is 324 g/mol. The van der Waals surface area contributed by atoms with Gasteiger partial charge in [-0.15, -0.1) is 0 Å². The highest BCUT2D eigenvalue weighted by molar-refractivity contribution is 5.95. The topological polar surface area (TPSA) is 40.6 Å². The van der Waals surface area contributed by atoms with Gasteiger partial charge in [-0.3, -0.25) is 9.59 Å². The van der Waals surface area contributed by atoms with Crippen molar-refractivity contribution in [2.24, 2.45) is 5.92 Å². The van der Waals surface area contributed by atoms with Crippen LogP contribution in [0.1, 0.15) is 35.7 Å². The molecule has 0 aromatic heterocycles. The summed E-state index contributed by atoms with van der Waals surface area (Å²) in [7, 11) is 0. The van der Waals surface area contributed by atoms with Crippen LogP contribution in [0.5, 0.6) is 0 Å². The van der Waals surface area contributed by atoms with E-state index in [9.17, 15) is 9.59 Å². The molecule has 3 rings (SSSR count). The van der Waals surface area contributed by atoms with Crippen LogP contribution in [0.15, 0.2) is 60.7 Å². The normalized spacial score (nSPS) is 19.4. The van der Waals surface area contributed by atoms with Gasteiger partial charge in [0.1, 0.15) is 0 Å². The molecule has 2 amide bonds. The van der Waals surface area contributed by atoms with E-state index in [0.29, 0.717) is 31.7 Å². The first-order chi connectivity index (χ1) is 12.7. The second kappa shape index (κ2) is 8.17. The van der Waals surface area contributed by atoms with E-state index in [-0.39, 0.29) is 23.7 Å². The predicted octanol–water partition coefficient (Wildman–Crippen LogP) is 3.41. The minimum Gasteiger partial charge on any atom is -0.343 e. The van der Waals surface area contributed by atoms with E-state index in [1.807, 2.05) is 72.2 Å². The van der Waals surface area contributed by atoms with Gasteiger partial charge in [-0.25, -0.2) is 0 Å². The zero-order valence-electron chi connectivity index (χ0n) is 15.5. The average Bonchev–Trinajstić information content (AvgIpc) is 3.15. The van der Waals surface area contributed by atoms with Gasteiger partial charge in [-0.05, 0) is 31.5 Å². The van der Waals surface area contributed by atoms with Gasteiger partial charge in [0, 0.05) is 37.7 Å². The minimum atomic E-state index is -0.190. The molecule has 4 nitrogen and oxygen atoms in total. The summed E-state index contributed by atoms with van der Waals surface area (Å²) in [5.41, 5.74) is 1.80. The summed E-state index contributed by atoms with van der Waals surface area (Å²) in [4.78, 5) is 29.7. The average molecular weight is 350 g/mol. The Balaban J connectivity index is 1.88. The maximum absolute atomic E-state index is 13.1. The van der Waals surface area contributed by atoms with Crippen molar-refractivity contribution in [2.45, 2.75) is 19.8 Å². The zero-order valence-corrected chi connectivity index (χ0v) is 15.5. The molecule has 0 N–H and O–H groups in total. The third-order valence-corrected chi connectivity index (χ3v) is 5.25. The monoisotopic (exact) mass is 350 g/mol. The SMILES string of the molecule is CCN(CC)C(=O)C1CN(C(=O)c2ccccc2)CC1c1ccccc1. The van der Waals surface area contributed by atoms with Crippen LogP contribution in [0.25, 0.3) is 0 Å². The predicted molar refractivity (Wildman–Crippen MR) is 103 cm³/mol. The number of hydrogen-bond acceptors (Lipinski definition) is 2. The Morgan fingerprint density at radius 3 is 2.08 bits per heavy atom. The second-order valence-electron chi connectivity index (χ2n) is 6.71. The van der Waals surface area contributed by atoms with Gasteiger partial charge in [-0.2, -0.15) is 0 Å². The fourth-order valence-corrected chi connectivity index (χ4v) is 3.79. The van der Waals surface area contributed by atoms with E-state index < -0.39 is 0 Å². The molecule has 0 aliphatic carbocycles. The van der Waals surface area contributed by atoms with Crippen molar-refractivity contribution in [2.75, 3.05) is 26.2 Å². The molecule has 0 saturated carbocycles. The molecule has 2 aromatic rings. The molecule has 4 heteroatoms. The van der Waals surface area contributed by atoms with E-state index in [1.54, 1.807) is 0 Å². The van der Waals surface area contributed by atoms with Crippen molar-refractivity contribution in [1.82, 2.24) is 9.80 Å². The van der Waals surface area contributed by atoms with Crippen LogP contribution in [-0.2, 0) is 4.79 Å². The summed E-state index contributed by atoms with van der Waals surface area (Å²) in [6.45, 7) is 6.44. The summed E-state index contributed by atoms with van der Waals surface area (Å²) in [6.07, 6.45) is 0. The van der Waals surface area contributed by atoms with E-state index in [1.165, 1.54) is 0 Å². The van der Waals surface area contributed by atoms with Crippen molar-refractivity contribution in [3.63, 3.8) is 0 Å². The van der Waals surface area contributed by atoms with Crippen molar-refractivity contribution >= 4 is 11.8 Å². The molecule has 26 heavy (non-hydrogen) atoms. The van der Waals surface area contributed by atoms with Crippen LogP contribution in [-0.4, -0.2) is 47.8 Å². The number of carbonyl (C=O) groups excluding carboxylic acids is 2. The van der Waals surface area contributed by atoms with Gasteiger partial charge in [0.2, 0.25) is 5.91 Å². The first-order valence-electron chi connectivity index (χ1n) is 9.33. The highest BCUT2D eigenvalue weighted by Crippen LogP contribution is 2.34. The van der Waals surface area contributed by atoms with Gasteiger partial charge >= 0.3 is 0 Å². The molecule has 2 atom stereocenters. The Morgan fingerprint density at radius 2 is 1.50 bits per heavy atom. The quantitative estimate of drug-likeness (QED) is 0.829. The van der Waals surface area contributed by atoms with Gasteiger partial charge in [0.25, 0.3) is 5.91 Å². The third kappa shape index (κ3) is 3.64. The van der Waals surface area contributed by atoms with Crippen molar-refractivity contribution in [1.29, 1.82) is 0 Å². The lowest BCUT2D eigenvalue weighted by Gasteiger charge is -2.25. The highest BCUT2D eigenvalue weighted by atomic mass is 16.2. The summed E-state index contributed by atoms with van der Waals surface area (Å²) in [5, 5.41) is 0. The van der Waals surface area contributed by atoms with Crippen molar-refractivity contribution < 1.29 is 9.59 Å². The van der Waals surface area contributed by atoms with Crippen LogP contribution in [0, 0.1) is 5.92 Å². The number of rotatable bonds is 5. The lowest BCUT2D eigenvalue weighted by atomic mass is 9.88. The minimum absolute atomic E-state index is 0.00128. The van der Waals surface area contributed by atoms with Gasteiger partial charge < -0.3 is 9.80 Å². The maximum atomic E-state index is 13.1. The lowest BCUT2D eigenvalue weighted by molar-refractivity contribution is -0.135. The molecular formula is C22H26N2O2. The molecule has 0 spiro atoms. The van der Waals surface area contributed by atoms with Crippen molar-refractivity contribution in [3.05, 3.63) is 71.8 Å². The largest absolute Gasteiger partial charge is 0.343 e. The zero-order chi connectivity index (χ0) is 18.5. The molecule has 0 bridgehead atoms.